The number of aromatic amines is 1. The van der Waals surface area contributed by atoms with Gasteiger partial charge in [-0.15, -0.1) is 0 Å². The van der Waals surface area contributed by atoms with Crippen LogP contribution in [-0.4, -0.2) is 39.7 Å². The van der Waals surface area contributed by atoms with E-state index in [1.54, 1.807) is 12.4 Å². The van der Waals surface area contributed by atoms with E-state index in [1.807, 2.05) is 55.1 Å². The van der Waals surface area contributed by atoms with E-state index in [0.717, 1.165) is 44.5 Å². The molecule has 5 heterocycles. The van der Waals surface area contributed by atoms with E-state index in [9.17, 15) is 0 Å². The maximum absolute atomic E-state index is 4.88. The standard InChI is InChI=1S/C26H23N9/c1-16(2)35-15-30-23-25(29-12-17-5-8-21(28-11-17)19-4-3-9-27-13-19)32-24(33-26(23)35)18-6-7-20-14-31-34-22(20)10-18/h3-11,13-16H,12H2,1-2H3,(H,31,34)(H,29,32,33). The van der Waals surface area contributed by atoms with Crippen LogP contribution in [-0.2, 0) is 6.54 Å². The molecule has 0 spiro atoms. The zero-order valence-corrected chi connectivity index (χ0v) is 19.3. The molecule has 6 aromatic rings. The van der Waals surface area contributed by atoms with Gasteiger partial charge in [0, 0.05) is 47.7 Å². The smallest absolute Gasteiger partial charge is 0.166 e. The van der Waals surface area contributed by atoms with Gasteiger partial charge < -0.3 is 9.88 Å². The first kappa shape index (κ1) is 20.9. The molecule has 0 aliphatic carbocycles. The Morgan fingerprint density at radius 3 is 2.71 bits per heavy atom. The minimum Gasteiger partial charge on any atom is -0.364 e. The summed E-state index contributed by atoms with van der Waals surface area (Å²) in [5, 5.41) is 11.6. The van der Waals surface area contributed by atoms with E-state index >= 15 is 0 Å². The number of nitrogens with zero attached hydrogens (tertiary/aromatic N) is 7. The second kappa shape index (κ2) is 8.60. The number of H-pyrrole nitrogens is 1. The van der Waals surface area contributed by atoms with Crippen molar-refractivity contribution in [2.45, 2.75) is 26.4 Å². The highest BCUT2D eigenvalue weighted by atomic mass is 15.2. The second-order valence-corrected chi connectivity index (χ2v) is 8.63. The Hall–Kier alpha value is -4.66. The second-order valence-electron chi connectivity index (χ2n) is 8.63. The fourth-order valence-corrected chi connectivity index (χ4v) is 4.02. The van der Waals surface area contributed by atoms with Crippen molar-refractivity contribution in [3.63, 3.8) is 0 Å². The third-order valence-electron chi connectivity index (χ3n) is 5.92. The lowest BCUT2D eigenvalue weighted by Gasteiger charge is -2.12. The maximum Gasteiger partial charge on any atom is 0.166 e. The number of fused-ring (bicyclic) bond motifs is 2. The maximum atomic E-state index is 4.88. The Balaban J connectivity index is 1.34. The predicted octanol–water partition coefficient (Wildman–Crippen LogP) is 5.02. The van der Waals surface area contributed by atoms with Gasteiger partial charge in [-0.1, -0.05) is 18.2 Å². The van der Waals surface area contributed by atoms with Crippen molar-refractivity contribution in [1.29, 1.82) is 0 Å². The molecule has 172 valence electrons. The molecule has 0 bridgehead atoms. The van der Waals surface area contributed by atoms with Crippen LogP contribution < -0.4 is 5.32 Å². The molecule has 0 saturated heterocycles. The van der Waals surface area contributed by atoms with E-state index < -0.39 is 0 Å². The molecule has 35 heavy (non-hydrogen) atoms. The molecule has 5 aromatic heterocycles. The van der Waals surface area contributed by atoms with Crippen LogP contribution in [0.15, 0.2) is 73.6 Å². The van der Waals surface area contributed by atoms with Gasteiger partial charge in [0.1, 0.15) is 5.52 Å². The van der Waals surface area contributed by atoms with Gasteiger partial charge in [-0.3, -0.25) is 15.1 Å². The Labute approximate surface area is 201 Å². The van der Waals surface area contributed by atoms with E-state index in [0.29, 0.717) is 18.2 Å². The summed E-state index contributed by atoms with van der Waals surface area (Å²) >= 11 is 0. The normalized spacial score (nSPS) is 11.5. The van der Waals surface area contributed by atoms with Gasteiger partial charge in [-0.05, 0) is 43.7 Å². The summed E-state index contributed by atoms with van der Waals surface area (Å²) in [4.78, 5) is 23.1. The lowest BCUT2D eigenvalue weighted by Crippen LogP contribution is -2.06. The number of hydrogen-bond donors (Lipinski definition) is 2. The van der Waals surface area contributed by atoms with Gasteiger partial charge in [0.2, 0.25) is 0 Å². The first-order valence-electron chi connectivity index (χ1n) is 11.4. The number of benzene rings is 1. The van der Waals surface area contributed by atoms with Crippen molar-refractivity contribution in [3.05, 3.63) is 79.1 Å². The average molecular weight is 462 g/mol. The third kappa shape index (κ3) is 3.97. The van der Waals surface area contributed by atoms with Gasteiger partial charge in [-0.2, -0.15) is 5.10 Å². The van der Waals surface area contributed by atoms with Crippen molar-refractivity contribution >= 4 is 27.9 Å². The summed E-state index contributed by atoms with van der Waals surface area (Å²) in [6.45, 7) is 4.78. The Morgan fingerprint density at radius 2 is 1.91 bits per heavy atom. The van der Waals surface area contributed by atoms with Crippen LogP contribution in [0.3, 0.4) is 0 Å². The molecule has 0 aliphatic rings. The predicted molar refractivity (Wildman–Crippen MR) is 136 cm³/mol. The van der Waals surface area contributed by atoms with Crippen LogP contribution in [0.1, 0.15) is 25.5 Å². The van der Waals surface area contributed by atoms with Crippen LogP contribution in [0.5, 0.6) is 0 Å². The van der Waals surface area contributed by atoms with Crippen LogP contribution in [0, 0.1) is 0 Å². The van der Waals surface area contributed by atoms with E-state index in [4.69, 9.17) is 9.97 Å². The summed E-state index contributed by atoms with van der Waals surface area (Å²) in [7, 11) is 0. The monoisotopic (exact) mass is 461 g/mol. The average Bonchev–Trinajstić information content (AvgIpc) is 3.55. The lowest BCUT2D eigenvalue weighted by atomic mass is 10.1. The molecule has 0 atom stereocenters. The summed E-state index contributed by atoms with van der Waals surface area (Å²) in [6, 6.07) is 14.2. The van der Waals surface area contributed by atoms with Crippen LogP contribution in [0.25, 0.3) is 44.7 Å². The molecule has 2 N–H and O–H groups in total. The van der Waals surface area contributed by atoms with E-state index in [-0.39, 0.29) is 6.04 Å². The SMILES string of the molecule is CC(C)n1cnc2c(NCc3ccc(-c4cccnc4)nc3)nc(-c3ccc4cn[nH]c4c3)nc21. The van der Waals surface area contributed by atoms with Crippen molar-refractivity contribution in [2.24, 2.45) is 0 Å². The van der Waals surface area contributed by atoms with E-state index in [2.05, 4.69) is 54.9 Å². The van der Waals surface area contributed by atoms with Crippen molar-refractivity contribution < 1.29 is 0 Å². The number of anilines is 1. The number of imidazole rings is 1. The summed E-state index contributed by atoms with van der Waals surface area (Å²) in [6.07, 6.45) is 9.06. The highest BCUT2D eigenvalue weighted by Crippen LogP contribution is 2.28. The molecule has 0 saturated carbocycles. The van der Waals surface area contributed by atoms with Crippen molar-refractivity contribution in [1.82, 2.24) is 39.7 Å². The van der Waals surface area contributed by atoms with Gasteiger partial charge >= 0.3 is 0 Å². The van der Waals surface area contributed by atoms with Crippen molar-refractivity contribution in [2.75, 3.05) is 5.32 Å². The van der Waals surface area contributed by atoms with Gasteiger partial charge in [0.15, 0.2) is 17.3 Å². The van der Waals surface area contributed by atoms with Crippen LogP contribution >= 0.6 is 0 Å². The van der Waals surface area contributed by atoms with Gasteiger partial charge in [0.05, 0.1) is 23.7 Å². The highest BCUT2D eigenvalue weighted by molar-refractivity contribution is 5.87. The van der Waals surface area contributed by atoms with Crippen LogP contribution in [0.2, 0.25) is 0 Å². The third-order valence-corrected chi connectivity index (χ3v) is 5.92. The molecule has 0 unspecified atom stereocenters. The molecule has 0 amide bonds. The molecular formula is C26H23N9. The summed E-state index contributed by atoms with van der Waals surface area (Å²) < 4.78 is 2.06. The molecule has 0 fully saturated rings. The topological polar surface area (TPSA) is 110 Å². The first-order valence-corrected chi connectivity index (χ1v) is 11.4. The number of nitrogens with one attached hydrogen (secondary N) is 2. The summed E-state index contributed by atoms with van der Waals surface area (Å²) in [5.74, 6) is 1.31. The van der Waals surface area contributed by atoms with E-state index in [1.165, 1.54) is 0 Å². The van der Waals surface area contributed by atoms with Crippen LogP contribution in [0.4, 0.5) is 5.82 Å². The summed E-state index contributed by atoms with van der Waals surface area (Å²) in [5.41, 5.74) is 6.30. The van der Waals surface area contributed by atoms with Gasteiger partial charge in [0.25, 0.3) is 0 Å². The minimum atomic E-state index is 0.218. The molecule has 9 heteroatoms. The highest BCUT2D eigenvalue weighted by Gasteiger charge is 2.16. The van der Waals surface area contributed by atoms with Gasteiger partial charge in [-0.25, -0.2) is 15.0 Å². The molecule has 6 rings (SSSR count). The Kier molecular flexibility index (Phi) is 5.14. The number of aromatic nitrogens is 8. The molecular weight excluding hydrogens is 438 g/mol. The molecule has 0 aliphatic heterocycles. The van der Waals surface area contributed by atoms with Crippen molar-refractivity contribution in [3.8, 4) is 22.6 Å². The first-order chi connectivity index (χ1) is 17.2. The zero-order chi connectivity index (χ0) is 23.8. The number of pyridine rings is 2. The fourth-order valence-electron chi connectivity index (χ4n) is 4.02. The molecule has 9 nitrogen and oxygen atoms in total. The number of hydrogen-bond acceptors (Lipinski definition) is 7. The minimum absolute atomic E-state index is 0.218. The number of rotatable bonds is 6. The zero-order valence-electron chi connectivity index (χ0n) is 19.3. The molecule has 1 aromatic carbocycles. The quantitative estimate of drug-likeness (QED) is 0.358. The largest absolute Gasteiger partial charge is 0.364 e. The molecule has 0 radical (unpaired) electrons. The Morgan fingerprint density at radius 1 is 0.971 bits per heavy atom. The lowest BCUT2D eigenvalue weighted by molar-refractivity contribution is 0.613. The Bertz CT molecular complexity index is 1620. The fraction of sp³-hybridized carbons (Fsp3) is 0.154.